The van der Waals surface area contributed by atoms with Crippen molar-refractivity contribution < 1.29 is 0 Å². The highest BCUT2D eigenvalue weighted by molar-refractivity contribution is 6.23. The predicted molar refractivity (Wildman–Crippen MR) is 235 cm³/mol. The second-order valence-electron chi connectivity index (χ2n) is 14.4. The largest absolute Gasteiger partial charge is 0.309 e. The molecule has 0 unspecified atom stereocenters. The van der Waals surface area contributed by atoms with E-state index in [2.05, 4.69) is 217 Å². The molecule has 256 valence electrons. The molecule has 1 nitrogen and oxygen atoms in total. The third kappa shape index (κ3) is 5.01. The average Bonchev–Trinajstić information content (AvgIpc) is 3.60. The van der Waals surface area contributed by atoms with Gasteiger partial charge in [-0.15, -0.1) is 0 Å². The number of aromatic nitrogens is 1. The normalized spacial score (nSPS) is 11.6. The standard InChI is InChI=1S/C54H35N/c1-4-16-36(17-5-1)40-32-33-42-48(35-50-43-22-14-15-27-51(43)55(54(50)49(42)34-40)41-20-8-3-9-21-41)37-28-30-39(31-29-37)53-46-25-12-10-23-44(46)52(38-18-6-2-7-19-38)45-24-11-13-26-47(45)53/h1-35H. The number of hydrogen-bond acceptors (Lipinski definition) is 0. The summed E-state index contributed by atoms with van der Waals surface area (Å²) in [5.41, 5.74) is 13.5. The van der Waals surface area contributed by atoms with Crippen LogP contribution in [0.2, 0.25) is 0 Å². The second kappa shape index (κ2) is 12.7. The molecule has 1 heteroatoms. The summed E-state index contributed by atoms with van der Waals surface area (Å²) < 4.78 is 2.45. The fraction of sp³-hybridized carbons (Fsp3) is 0. The lowest BCUT2D eigenvalue weighted by atomic mass is 9.85. The molecule has 1 aromatic heterocycles. The Bertz CT molecular complexity index is 3150. The van der Waals surface area contributed by atoms with Gasteiger partial charge in [0.15, 0.2) is 0 Å². The van der Waals surface area contributed by atoms with Crippen molar-refractivity contribution in [3.05, 3.63) is 212 Å². The van der Waals surface area contributed by atoms with Gasteiger partial charge < -0.3 is 4.57 Å². The molecule has 0 saturated carbocycles. The molecule has 55 heavy (non-hydrogen) atoms. The highest BCUT2D eigenvalue weighted by Crippen LogP contribution is 2.46. The first-order valence-electron chi connectivity index (χ1n) is 19.0. The molecule has 0 fully saturated rings. The van der Waals surface area contributed by atoms with Gasteiger partial charge in [0.25, 0.3) is 0 Å². The molecule has 0 radical (unpaired) electrons. The summed E-state index contributed by atoms with van der Waals surface area (Å²) in [6.07, 6.45) is 0. The molecular formula is C54H35N. The average molecular weight is 698 g/mol. The monoisotopic (exact) mass is 697 g/mol. The topological polar surface area (TPSA) is 4.93 Å². The van der Waals surface area contributed by atoms with Crippen LogP contribution in [0.3, 0.4) is 0 Å². The highest BCUT2D eigenvalue weighted by atomic mass is 15.0. The fourth-order valence-corrected chi connectivity index (χ4v) is 8.94. The molecule has 0 saturated heterocycles. The molecule has 10 aromatic carbocycles. The smallest absolute Gasteiger partial charge is 0.0620 e. The molecule has 11 aromatic rings. The van der Waals surface area contributed by atoms with Gasteiger partial charge in [0, 0.05) is 21.8 Å². The number of para-hydroxylation sites is 2. The Kier molecular flexibility index (Phi) is 7.25. The molecule has 0 spiro atoms. The van der Waals surface area contributed by atoms with Crippen molar-refractivity contribution in [2.75, 3.05) is 0 Å². The van der Waals surface area contributed by atoms with Crippen molar-refractivity contribution in [1.29, 1.82) is 0 Å². The van der Waals surface area contributed by atoms with Crippen LogP contribution in [0.15, 0.2) is 212 Å². The lowest BCUT2D eigenvalue weighted by Crippen LogP contribution is -1.95. The minimum Gasteiger partial charge on any atom is -0.309 e. The maximum Gasteiger partial charge on any atom is 0.0620 e. The van der Waals surface area contributed by atoms with Gasteiger partial charge in [-0.25, -0.2) is 0 Å². The summed E-state index contributed by atoms with van der Waals surface area (Å²) in [4.78, 5) is 0. The van der Waals surface area contributed by atoms with E-state index in [0.717, 1.165) is 5.69 Å². The van der Waals surface area contributed by atoms with E-state index in [1.807, 2.05) is 0 Å². The van der Waals surface area contributed by atoms with E-state index < -0.39 is 0 Å². The second-order valence-corrected chi connectivity index (χ2v) is 14.4. The van der Waals surface area contributed by atoms with Crippen LogP contribution < -0.4 is 0 Å². The summed E-state index contributed by atoms with van der Waals surface area (Å²) in [6, 6.07) is 77.7. The summed E-state index contributed by atoms with van der Waals surface area (Å²) in [5.74, 6) is 0. The van der Waals surface area contributed by atoms with Crippen LogP contribution in [0.1, 0.15) is 0 Å². The van der Waals surface area contributed by atoms with Crippen LogP contribution in [-0.4, -0.2) is 4.57 Å². The zero-order valence-corrected chi connectivity index (χ0v) is 30.2. The maximum absolute atomic E-state index is 2.45. The lowest BCUT2D eigenvalue weighted by molar-refractivity contribution is 1.19. The molecule has 0 N–H and O–H groups in total. The zero-order chi connectivity index (χ0) is 36.3. The minimum absolute atomic E-state index is 1.16. The maximum atomic E-state index is 2.45. The van der Waals surface area contributed by atoms with E-state index in [9.17, 15) is 0 Å². The number of fused-ring (bicyclic) bond motifs is 7. The first-order valence-corrected chi connectivity index (χ1v) is 19.0. The quantitative estimate of drug-likeness (QED) is 0.158. The molecule has 0 bridgehead atoms. The van der Waals surface area contributed by atoms with Crippen LogP contribution >= 0.6 is 0 Å². The van der Waals surface area contributed by atoms with Gasteiger partial charge in [-0.2, -0.15) is 0 Å². The SMILES string of the molecule is c1ccc(-c2ccc3c(-c4ccc(-c5c6ccccc6c(-c6ccccc6)c6ccccc56)cc4)cc4c5ccccc5n(-c5ccccc5)c4c3c2)cc1. The molecule has 0 aliphatic rings. The van der Waals surface area contributed by atoms with Crippen LogP contribution in [-0.2, 0) is 0 Å². The van der Waals surface area contributed by atoms with Crippen molar-refractivity contribution in [2.24, 2.45) is 0 Å². The summed E-state index contributed by atoms with van der Waals surface area (Å²) >= 11 is 0. The molecular weight excluding hydrogens is 663 g/mol. The van der Waals surface area contributed by atoms with Crippen molar-refractivity contribution in [3.8, 4) is 50.2 Å². The summed E-state index contributed by atoms with van der Waals surface area (Å²) in [6.45, 7) is 0. The number of rotatable bonds is 5. The van der Waals surface area contributed by atoms with E-state index in [-0.39, 0.29) is 0 Å². The van der Waals surface area contributed by atoms with Crippen molar-refractivity contribution >= 4 is 54.1 Å². The van der Waals surface area contributed by atoms with Crippen LogP contribution in [0.25, 0.3) is 104 Å². The van der Waals surface area contributed by atoms with E-state index in [1.165, 1.54) is 98.6 Å². The third-order valence-corrected chi connectivity index (χ3v) is 11.4. The van der Waals surface area contributed by atoms with E-state index >= 15 is 0 Å². The van der Waals surface area contributed by atoms with Gasteiger partial charge in [-0.05, 0) is 102 Å². The highest BCUT2D eigenvalue weighted by Gasteiger charge is 2.20. The zero-order valence-electron chi connectivity index (χ0n) is 30.2. The van der Waals surface area contributed by atoms with Gasteiger partial charge >= 0.3 is 0 Å². The van der Waals surface area contributed by atoms with E-state index in [0.29, 0.717) is 0 Å². The third-order valence-electron chi connectivity index (χ3n) is 11.4. The summed E-state index contributed by atoms with van der Waals surface area (Å²) in [7, 11) is 0. The van der Waals surface area contributed by atoms with Crippen molar-refractivity contribution in [3.63, 3.8) is 0 Å². The Morgan fingerprint density at radius 1 is 0.255 bits per heavy atom. The fourth-order valence-electron chi connectivity index (χ4n) is 8.94. The number of nitrogens with zero attached hydrogens (tertiary/aromatic N) is 1. The Balaban J connectivity index is 1.16. The molecule has 0 aliphatic carbocycles. The number of hydrogen-bond donors (Lipinski definition) is 0. The Morgan fingerprint density at radius 2 is 0.691 bits per heavy atom. The Labute approximate surface area is 320 Å². The van der Waals surface area contributed by atoms with E-state index in [4.69, 9.17) is 0 Å². The van der Waals surface area contributed by atoms with Gasteiger partial charge in [-0.1, -0.05) is 182 Å². The minimum atomic E-state index is 1.16. The first kappa shape index (κ1) is 31.3. The summed E-state index contributed by atoms with van der Waals surface area (Å²) in [5, 5.41) is 10.1. The van der Waals surface area contributed by atoms with Crippen LogP contribution in [0, 0.1) is 0 Å². The van der Waals surface area contributed by atoms with Gasteiger partial charge in [-0.3, -0.25) is 0 Å². The Hall–Kier alpha value is -7.22. The predicted octanol–water partition coefficient (Wildman–Crippen LogP) is 14.9. The van der Waals surface area contributed by atoms with Gasteiger partial charge in [0.2, 0.25) is 0 Å². The molecule has 0 atom stereocenters. The van der Waals surface area contributed by atoms with Crippen molar-refractivity contribution in [1.82, 2.24) is 4.57 Å². The van der Waals surface area contributed by atoms with Gasteiger partial charge in [0.05, 0.1) is 11.0 Å². The first-order chi connectivity index (χ1) is 27.3. The molecule has 11 rings (SSSR count). The van der Waals surface area contributed by atoms with E-state index in [1.54, 1.807) is 0 Å². The molecule has 1 heterocycles. The number of benzene rings is 10. The molecule has 0 aliphatic heterocycles. The molecule has 0 amide bonds. The van der Waals surface area contributed by atoms with Crippen molar-refractivity contribution in [2.45, 2.75) is 0 Å². The van der Waals surface area contributed by atoms with Crippen LogP contribution in [0.5, 0.6) is 0 Å². The Morgan fingerprint density at radius 3 is 1.29 bits per heavy atom. The van der Waals surface area contributed by atoms with Gasteiger partial charge in [0.1, 0.15) is 0 Å². The lowest BCUT2D eigenvalue weighted by Gasteiger charge is -2.18. The van der Waals surface area contributed by atoms with Crippen LogP contribution in [0.4, 0.5) is 0 Å².